The van der Waals surface area contributed by atoms with Gasteiger partial charge in [0.15, 0.2) is 6.04 Å². The molecular formula is C33H38N3O3Si+. The van der Waals surface area contributed by atoms with Gasteiger partial charge in [-0.25, -0.2) is 9.78 Å². The molecule has 1 unspecified atom stereocenters. The Morgan fingerprint density at radius 2 is 1.65 bits per heavy atom. The number of ether oxygens (including phenoxy) is 1. The van der Waals surface area contributed by atoms with E-state index in [4.69, 9.17) is 14.1 Å². The number of methoxy groups -OCH3 is 1. The molecule has 0 saturated carbocycles. The summed E-state index contributed by atoms with van der Waals surface area (Å²) in [6.45, 7) is 11.2. The third-order valence-corrected chi connectivity index (χ3v) is 12.3. The van der Waals surface area contributed by atoms with Crippen LogP contribution in [-0.2, 0) is 12.8 Å². The zero-order valence-corrected chi connectivity index (χ0v) is 25.2. The van der Waals surface area contributed by atoms with Gasteiger partial charge in [-0.3, -0.25) is 5.32 Å². The first-order valence-corrected chi connectivity index (χ1v) is 16.7. The summed E-state index contributed by atoms with van der Waals surface area (Å²) in [5, 5.41) is 3.58. The number of fused-ring (bicyclic) bond motifs is 1. The minimum Gasteiger partial charge on any atom is -0.543 e. The highest BCUT2D eigenvalue weighted by Crippen LogP contribution is 2.38. The molecule has 1 aliphatic heterocycles. The van der Waals surface area contributed by atoms with Crippen LogP contribution in [0, 0.1) is 0 Å². The summed E-state index contributed by atoms with van der Waals surface area (Å²) in [6, 6.07) is 25.8. The maximum absolute atomic E-state index is 13.7. The van der Waals surface area contributed by atoms with Crippen LogP contribution in [0.5, 0.6) is 11.5 Å². The fraction of sp³-hybridized carbons (Fsp3) is 0.303. The SMILES string of the molecule is COc1ccc(CC2Nc3c(Cc4ccccc4)nc(-c4cccc(O[Si](C)(C)C(C)(C)C)c4)c[n+]3C2=O)cc1. The van der Waals surface area contributed by atoms with Crippen LogP contribution >= 0.6 is 0 Å². The van der Waals surface area contributed by atoms with E-state index in [-0.39, 0.29) is 17.0 Å². The summed E-state index contributed by atoms with van der Waals surface area (Å²) >= 11 is 0. The number of aromatic nitrogens is 2. The van der Waals surface area contributed by atoms with Crippen LogP contribution in [0.25, 0.3) is 11.3 Å². The molecule has 206 valence electrons. The first-order chi connectivity index (χ1) is 19.0. The van der Waals surface area contributed by atoms with Gasteiger partial charge in [0, 0.05) is 18.4 Å². The molecule has 0 aliphatic carbocycles. The van der Waals surface area contributed by atoms with E-state index in [1.54, 1.807) is 11.7 Å². The molecule has 1 aromatic heterocycles. The lowest BCUT2D eigenvalue weighted by Crippen LogP contribution is -2.44. The van der Waals surface area contributed by atoms with Crippen LogP contribution in [0.2, 0.25) is 18.1 Å². The van der Waals surface area contributed by atoms with Gasteiger partial charge >= 0.3 is 11.7 Å². The van der Waals surface area contributed by atoms with Crippen molar-refractivity contribution in [1.29, 1.82) is 0 Å². The Bertz CT molecular complexity index is 1510. The molecule has 1 aliphatic rings. The quantitative estimate of drug-likeness (QED) is 0.195. The van der Waals surface area contributed by atoms with Gasteiger partial charge in [0.05, 0.1) is 7.11 Å². The summed E-state index contributed by atoms with van der Waals surface area (Å²) in [5.74, 6) is 2.40. The van der Waals surface area contributed by atoms with Crippen molar-refractivity contribution >= 4 is 20.0 Å². The predicted molar refractivity (Wildman–Crippen MR) is 162 cm³/mol. The topological polar surface area (TPSA) is 64.3 Å². The molecule has 7 heteroatoms. The highest BCUT2D eigenvalue weighted by Gasteiger charge is 2.41. The van der Waals surface area contributed by atoms with Gasteiger partial charge in [0.25, 0.3) is 0 Å². The molecule has 2 heterocycles. The molecule has 5 rings (SSSR count). The van der Waals surface area contributed by atoms with Crippen molar-refractivity contribution in [2.75, 3.05) is 12.4 Å². The minimum atomic E-state index is -2.01. The Morgan fingerprint density at radius 1 is 0.925 bits per heavy atom. The average molecular weight is 553 g/mol. The van der Waals surface area contributed by atoms with E-state index in [9.17, 15) is 4.79 Å². The van der Waals surface area contributed by atoms with E-state index in [0.29, 0.717) is 12.8 Å². The lowest BCUT2D eigenvalue weighted by atomic mass is 10.1. The number of carbonyl (C=O) groups is 1. The van der Waals surface area contributed by atoms with Crippen LogP contribution in [0.4, 0.5) is 5.82 Å². The van der Waals surface area contributed by atoms with Gasteiger partial charge in [-0.1, -0.05) is 75.4 Å². The van der Waals surface area contributed by atoms with Gasteiger partial charge in [-0.2, -0.15) is 4.57 Å². The van der Waals surface area contributed by atoms with E-state index in [2.05, 4.69) is 51.3 Å². The van der Waals surface area contributed by atoms with E-state index in [0.717, 1.165) is 45.4 Å². The van der Waals surface area contributed by atoms with Crippen LogP contribution in [0.1, 0.15) is 42.4 Å². The van der Waals surface area contributed by atoms with Gasteiger partial charge in [-0.05, 0) is 53.5 Å². The number of nitrogens with one attached hydrogen (secondary N) is 1. The molecule has 0 saturated heterocycles. The molecule has 40 heavy (non-hydrogen) atoms. The second-order valence-electron chi connectivity index (χ2n) is 11.9. The summed E-state index contributed by atoms with van der Waals surface area (Å²) in [5.41, 5.74) is 4.71. The third kappa shape index (κ3) is 5.80. The molecule has 0 bridgehead atoms. The number of carbonyl (C=O) groups excluding carboxylic acids is 1. The van der Waals surface area contributed by atoms with Crippen LogP contribution in [0.15, 0.2) is 85.1 Å². The first-order valence-electron chi connectivity index (χ1n) is 13.8. The Morgan fingerprint density at radius 3 is 2.33 bits per heavy atom. The van der Waals surface area contributed by atoms with Crippen molar-refractivity contribution in [3.05, 3.63) is 102 Å². The number of hydrogen-bond acceptors (Lipinski definition) is 5. The van der Waals surface area contributed by atoms with Gasteiger partial charge in [0.1, 0.15) is 29.1 Å². The zero-order valence-electron chi connectivity index (χ0n) is 24.2. The minimum absolute atomic E-state index is 0.0115. The Labute approximate surface area is 238 Å². The maximum atomic E-state index is 13.7. The van der Waals surface area contributed by atoms with E-state index in [1.165, 1.54) is 0 Å². The number of anilines is 1. The van der Waals surface area contributed by atoms with Crippen molar-refractivity contribution in [3.8, 4) is 22.8 Å². The molecule has 0 spiro atoms. The molecular weight excluding hydrogens is 514 g/mol. The summed E-state index contributed by atoms with van der Waals surface area (Å²) in [6.07, 6.45) is 3.04. The molecule has 0 amide bonds. The van der Waals surface area contributed by atoms with Crippen LogP contribution in [0.3, 0.4) is 0 Å². The standard InChI is InChI=1S/C33H37N3O3Si/c1-33(2,3)40(5,6)39-27-14-10-13-25(21-27)30-22-36-31(28(34-30)19-23-11-8-7-9-12-23)35-29(32(36)37)20-24-15-17-26(38-4)18-16-24/h7-18,21-22,29H,19-20H2,1-6H3/p+1. The second-order valence-corrected chi connectivity index (χ2v) is 16.7. The Kier molecular flexibility index (Phi) is 7.51. The van der Waals surface area contributed by atoms with Gasteiger partial charge in [-0.15, -0.1) is 0 Å². The van der Waals surface area contributed by atoms with Crippen molar-refractivity contribution in [2.45, 2.75) is 57.8 Å². The first kappa shape index (κ1) is 27.6. The summed E-state index contributed by atoms with van der Waals surface area (Å²) in [7, 11) is -0.358. The zero-order chi connectivity index (χ0) is 28.5. The highest BCUT2D eigenvalue weighted by molar-refractivity contribution is 6.74. The Hall–Kier alpha value is -3.97. The number of nitrogens with zero attached hydrogens (tertiary/aromatic N) is 2. The molecule has 0 radical (unpaired) electrons. The van der Waals surface area contributed by atoms with Crippen molar-refractivity contribution in [1.82, 2.24) is 4.98 Å². The van der Waals surface area contributed by atoms with E-state index >= 15 is 0 Å². The lowest BCUT2D eigenvalue weighted by molar-refractivity contribution is -0.552. The van der Waals surface area contributed by atoms with Crippen molar-refractivity contribution in [3.63, 3.8) is 0 Å². The fourth-order valence-corrected chi connectivity index (χ4v) is 5.65. The van der Waals surface area contributed by atoms with Crippen molar-refractivity contribution in [2.24, 2.45) is 0 Å². The van der Waals surface area contributed by atoms with Crippen LogP contribution in [-0.4, -0.2) is 32.4 Å². The molecule has 1 atom stereocenters. The number of hydrogen-bond donors (Lipinski definition) is 1. The largest absolute Gasteiger partial charge is 0.543 e. The molecule has 1 N–H and O–H groups in total. The normalized spacial score (nSPS) is 14.9. The molecule has 6 nitrogen and oxygen atoms in total. The van der Waals surface area contributed by atoms with E-state index < -0.39 is 8.32 Å². The number of benzene rings is 3. The number of rotatable bonds is 8. The van der Waals surface area contributed by atoms with Gasteiger partial charge < -0.3 is 9.16 Å². The summed E-state index contributed by atoms with van der Waals surface area (Å²) < 4.78 is 13.6. The molecule has 4 aromatic rings. The second kappa shape index (κ2) is 10.9. The third-order valence-electron chi connectivity index (χ3n) is 7.99. The highest BCUT2D eigenvalue weighted by atomic mass is 28.4. The Balaban J connectivity index is 1.50. The smallest absolute Gasteiger partial charge is 0.359 e. The van der Waals surface area contributed by atoms with Gasteiger partial charge in [0.2, 0.25) is 8.32 Å². The average Bonchev–Trinajstić information content (AvgIpc) is 3.24. The lowest BCUT2D eigenvalue weighted by Gasteiger charge is -2.36. The van der Waals surface area contributed by atoms with Crippen molar-refractivity contribution < 1.29 is 18.5 Å². The summed E-state index contributed by atoms with van der Waals surface area (Å²) in [4.78, 5) is 18.8. The van der Waals surface area contributed by atoms with E-state index in [1.807, 2.05) is 72.9 Å². The van der Waals surface area contributed by atoms with Crippen LogP contribution < -0.4 is 19.0 Å². The monoisotopic (exact) mass is 552 g/mol. The fourth-order valence-electron chi connectivity index (χ4n) is 4.63. The molecule has 3 aromatic carbocycles. The maximum Gasteiger partial charge on any atom is 0.359 e. The predicted octanol–water partition coefficient (Wildman–Crippen LogP) is 6.70. The molecule has 0 fully saturated rings.